The third-order valence-electron chi connectivity index (χ3n) is 3.48. The van der Waals surface area contributed by atoms with Gasteiger partial charge in [0.15, 0.2) is 0 Å². The first-order valence-electron chi connectivity index (χ1n) is 7.00. The largest absolute Gasteiger partial charge is 0.396 e. The van der Waals surface area contributed by atoms with Gasteiger partial charge in [0.2, 0.25) is 0 Å². The molecule has 0 aromatic rings. The molecule has 3 N–H and O–H groups in total. The van der Waals surface area contributed by atoms with E-state index in [4.69, 9.17) is 9.84 Å². The van der Waals surface area contributed by atoms with E-state index in [9.17, 15) is 4.79 Å². The highest BCUT2D eigenvalue weighted by Gasteiger charge is 2.26. The van der Waals surface area contributed by atoms with Crippen LogP contribution in [0.25, 0.3) is 0 Å². The highest BCUT2D eigenvalue weighted by molar-refractivity contribution is 5.74. The van der Waals surface area contributed by atoms with Crippen LogP contribution in [0.15, 0.2) is 0 Å². The van der Waals surface area contributed by atoms with Gasteiger partial charge in [-0.05, 0) is 32.1 Å². The van der Waals surface area contributed by atoms with Gasteiger partial charge in [-0.15, -0.1) is 0 Å². The average molecular weight is 258 g/mol. The van der Waals surface area contributed by atoms with Gasteiger partial charge in [0.25, 0.3) is 0 Å². The van der Waals surface area contributed by atoms with Gasteiger partial charge in [0.1, 0.15) is 0 Å². The van der Waals surface area contributed by atoms with Gasteiger partial charge >= 0.3 is 6.03 Å². The predicted octanol–water partition coefficient (Wildman–Crippen LogP) is 1.40. The van der Waals surface area contributed by atoms with E-state index >= 15 is 0 Å². The van der Waals surface area contributed by atoms with Gasteiger partial charge < -0.3 is 20.5 Å². The summed E-state index contributed by atoms with van der Waals surface area (Å²) in [6.45, 7) is 4.95. The van der Waals surface area contributed by atoms with Crippen LogP contribution in [0.3, 0.4) is 0 Å². The van der Waals surface area contributed by atoms with E-state index < -0.39 is 0 Å². The summed E-state index contributed by atoms with van der Waals surface area (Å²) in [4.78, 5) is 11.9. The number of carbonyl (C=O) groups is 1. The summed E-state index contributed by atoms with van der Waals surface area (Å²) in [6.07, 6.45) is 4.54. The Morgan fingerprint density at radius 1 is 1.39 bits per heavy atom. The molecule has 0 aliphatic carbocycles. The maximum atomic E-state index is 11.9. The van der Waals surface area contributed by atoms with E-state index in [1.54, 1.807) is 0 Å². The number of carbonyl (C=O) groups excluding carboxylic acids is 1. The number of aliphatic hydroxyl groups is 1. The van der Waals surface area contributed by atoms with Crippen LogP contribution in [0.4, 0.5) is 4.79 Å². The molecule has 2 amide bonds. The minimum Gasteiger partial charge on any atom is -0.396 e. The van der Waals surface area contributed by atoms with Crippen LogP contribution in [0, 0.1) is 0 Å². The summed E-state index contributed by atoms with van der Waals surface area (Å²) >= 11 is 0. The highest BCUT2D eigenvalue weighted by Crippen LogP contribution is 2.17. The Balaban J connectivity index is 2.36. The molecular formula is C13H26N2O3. The van der Waals surface area contributed by atoms with E-state index in [-0.39, 0.29) is 30.8 Å². The van der Waals surface area contributed by atoms with Gasteiger partial charge in [-0.1, -0.05) is 13.8 Å². The molecule has 0 aromatic heterocycles. The molecule has 18 heavy (non-hydrogen) atoms. The molecule has 106 valence electrons. The minimum absolute atomic E-state index is 0.0389. The van der Waals surface area contributed by atoms with Gasteiger partial charge in [0, 0.05) is 19.3 Å². The Hall–Kier alpha value is -0.810. The molecule has 1 aliphatic heterocycles. The number of rotatable bonds is 7. The molecule has 0 spiro atoms. The summed E-state index contributed by atoms with van der Waals surface area (Å²) in [6, 6.07) is -0.0335. The SMILES string of the molecule is CCC(CCO)NC(=O)NC(CC)C1CCCO1. The molecule has 5 heteroatoms. The van der Waals surface area contributed by atoms with Crippen LogP contribution >= 0.6 is 0 Å². The summed E-state index contributed by atoms with van der Waals surface area (Å²) < 4.78 is 5.60. The maximum Gasteiger partial charge on any atom is 0.315 e. The normalized spacial score (nSPS) is 22.5. The summed E-state index contributed by atoms with van der Waals surface area (Å²) in [5.41, 5.74) is 0. The fraction of sp³-hybridized carbons (Fsp3) is 0.923. The van der Waals surface area contributed by atoms with Gasteiger partial charge in [0.05, 0.1) is 12.1 Å². The molecule has 1 saturated heterocycles. The quantitative estimate of drug-likeness (QED) is 0.646. The Morgan fingerprint density at radius 2 is 2.17 bits per heavy atom. The van der Waals surface area contributed by atoms with E-state index in [2.05, 4.69) is 17.6 Å². The van der Waals surface area contributed by atoms with Crippen molar-refractivity contribution in [2.45, 2.75) is 64.1 Å². The number of hydrogen-bond acceptors (Lipinski definition) is 3. The van der Waals surface area contributed by atoms with Crippen LogP contribution in [-0.4, -0.2) is 42.5 Å². The molecule has 0 aromatic carbocycles. The van der Waals surface area contributed by atoms with Crippen molar-refractivity contribution in [3.63, 3.8) is 0 Å². The van der Waals surface area contributed by atoms with Crippen molar-refractivity contribution in [2.75, 3.05) is 13.2 Å². The first-order valence-corrected chi connectivity index (χ1v) is 7.00. The minimum atomic E-state index is -0.155. The van der Waals surface area contributed by atoms with Gasteiger partial charge in [-0.3, -0.25) is 0 Å². The van der Waals surface area contributed by atoms with E-state index in [0.29, 0.717) is 6.42 Å². The predicted molar refractivity (Wildman–Crippen MR) is 70.5 cm³/mol. The molecular weight excluding hydrogens is 232 g/mol. The van der Waals surface area contributed by atoms with E-state index in [0.717, 1.165) is 32.3 Å². The summed E-state index contributed by atoms with van der Waals surface area (Å²) in [5.74, 6) is 0. The number of amides is 2. The van der Waals surface area contributed by atoms with Crippen molar-refractivity contribution in [3.8, 4) is 0 Å². The lowest BCUT2D eigenvalue weighted by molar-refractivity contribution is 0.0794. The lowest BCUT2D eigenvalue weighted by Gasteiger charge is -2.24. The molecule has 1 rings (SSSR count). The van der Waals surface area contributed by atoms with Crippen LogP contribution in [0.2, 0.25) is 0 Å². The average Bonchev–Trinajstić information content (AvgIpc) is 2.89. The first-order chi connectivity index (χ1) is 8.71. The van der Waals surface area contributed by atoms with Crippen molar-refractivity contribution < 1.29 is 14.6 Å². The van der Waals surface area contributed by atoms with Crippen LogP contribution < -0.4 is 10.6 Å². The highest BCUT2D eigenvalue weighted by atomic mass is 16.5. The van der Waals surface area contributed by atoms with E-state index in [1.165, 1.54) is 0 Å². The molecule has 0 saturated carbocycles. The van der Waals surface area contributed by atoms with Crippen molar-refractivity contribution in [1.82, 2.24) is 10.6 Å². The number of nitrogens with one attached hydrogen (secondary N) is 2. The van der Waals surface area contributed by atoms with Crippen molar-refractivity contribution in [2.24, 2.45) is 0 Å². The summed E-state index contributed by atoms with van der Waals surface area (Å²) in [5, 5.41) is 14.8. The first kappa shape index (κ1) is 15.2. The molecule has 5 nitrogen and oxygen atoms in total. The lowest BCUT2D eigenvalue weighted by Crippen LogP contribution is -2.50. The Bertz CT molecular complexity index is 242. The number of hydrogen-bond donors (Lipinski definition) is 3. The molecule has 1 fully saturated rings. The van der Waals surface area contributed by atoms with Crippen molar-refractivity contribution >= 4 is 6.03 Å². The van der Waals surface area contributed by atoms with Crippen molar-refractivity contribution in [3.05, 3.63) is 0 Å². The maximum absolute atomic E-state index is 11.9. The second kappa shape index (κ2) is 8.32. The zero-order valence-corrected chi connectivity index (χ0v) is 11.4. The topological polar surface area (TPSA) is 70.6 Å². The van der Waals surface area contributed by atoms with Gasteiger partial charge in [-0.25, -0.2) is 4.79 Å². The smallest absolute Gasteiger partial charge is 0.315 e. The molecule has 0 bridgehead atoms. The Kier molecular flexibility index (Phi) is 7.05. The molecule has 0 radical (unpaired) electrons. The number of ether oxygens (including phenoxy) is 1. The molecule has 1 aliphatic rings. The fourth-order valence-electron chi connectivity index (χ4n) is 2.31. The third-order valence-corrected chi connectivity index (χ3v) is 3.48. The van der Waals surface area contributed by atoms with E-state index in [1.807, 2.05) is 6.92 Å². The van der Waals surface area contributed by atoms with Crippen LogP contribution in [-0.2, 0) is 4.74 Å². The monoisotopic (exact) mass is 258 g/mol. The Labute approximate surface area is 109 Å². The Morgan fingerprint density at radius 3 is 2.67 bits per heavy atom. The number of aliphatic hydroxyl groups excluding tert-OH is 1. The zero-order chi connectivity index (χ0) is 13.4. The van der Waals surface area contributed by atoms with Crippen molar-refractivity contribution in [1.29, 1.82) is 0 Å². The fourth-order valence-corrected chi connectivity index (χ4v) is 2.31. The lowest BCUT2D eigenvalue weighted by atomic mass is 10.1. The van der Waals surface area contributed by atoms with Gasteiger partial charge in [-0.2, -0.15) is 0 Å². The number of urea groups is 1. The molecule has 3 atom stereocenters. The molecule has 3 unspecified atom stereocenters. The molecule has 1 heterocycles. The standard InChI is InChI=1S/C13H26N2O3/c1-3-10(7-8-16)14-13(17)15-11(4-2)12-6-5-9-18-12/h10-12,16H,3-9H2,1-2H3,(H2,14,15,17). The van der Waals surface area contributed by atoms with Crippen LogP contribution in [0.1, 0.15) is 46.0 Å². The zero-order valence-electron chi connectivity index (χ0n) is 11.4. The second-order valence-electron chi connectivity index (χ2n) is 4.80. The summed E-state index contributed by atoms with van der Waals surface area (Å²) in [7, 11) is 0. The van der Waals surface area contributed by atoms with Crippen LogP contribution in [0.5, 0.6) is 0 Å². The second-order valence-corrected chi connectivity index (χ2v) is 4.80. The third kappa shape index (κ3) is 4.82.